The van der Waals surface area contributed by atoms with Gasteiger partial charge in [-0.1, -0.05) is 72.2 Å². The van der Waals surface area contributed by atoms with Gasteiger partial charge in [0.1, 0.15) is 3.82 Å². The maximum absolute atomic E-state index is 12.8. The van der Waals surface area contributed by atoms with Crippen LogP contribution in [-0.2, 0) is 4.79 Å². The van der Waals surface area contributed by atoms with Gasteiger partial charge < -0.3 is 14.8 Å². The molecule has 1 aliphatic rings. The van der Waals surface area contributed by atoms with Gasteiger partial charge in [-0.05, 0) is 67.3 Å². The number of carbonyl (C=O) groups is 1. The first kappa shape index (κ1) is 24.9. The quantitative estimate of drug-likeness (QED) is 0.251. The van der Waals surface area contributed by atoms with Gasteiger partial charge in [-0.3, -0.25) is 4.79 Å². The van der Waals surface area contributed by atoms with Crippen molar-refractivity contribution in [2.45, 2.75) is 58.9 Å². The smallest absolute Gasteiger partial charge is 0.258 e. The van der Waals surface area contributed by atoms with Crippen LogP contribution in [0.5, 0.6) is 11.5 Å². The number of hydrogen-bond donors (Lipinski definition) is 1. The molecule has 7 heteroatoms. The van der Waals surface area contributed by atoms with Gasteiger partial charge >= 0.3 is 0 Å². The van der Waals surface area contributed by atoms with Crippen molar-refractivity contribution in [1.29, 1.82) is 0 Å². The summed E-state index contributed by atoms with van der Waals surface area (Å²) in [4.78, 5) is 13.9. The summed E-state index contributed by atoms with van der Waals surface area (Å²) >= 11 is 5.23. The normalized spacial score (nSPS) is 25.6. The summed E-state index contributed by atoms with van der Waals surface area (Å²) in [6.07, 6.45) is 8.58. The molecule has 0 bridgehead atoms. The molecule has 1 amide bonds. The monoisotopic (exact) mass is 491 g/mol. The van der Waals surface area contributed by atoms with Crippen molar-refractivity contribution < 1.29 is 14.3 Å². The van der Waals surface area contributed by atoms with Gasteiger partial charge in [-0.2, -0.15) is 0 Å². The van der Waals surface area contributed by atoms with E-state index in [0.29, 0.717) is 17.4 Å². The Labute approximate surface area is 204 Å². The molecule has 32 heavy (non-hydrogen) atoms. The molecule has 4 nitrogen and oxygen atoms in total. The molecule has 1 aromatic heterocycles. The lowest BCUT2D eigenvalue weighted by Gasteiger charge is -2.41. The Hall–Kier alpha value is -1.70. The average molecular weight is 492 g/mol. The van der Waals surface area contributed by atoms with E-state index < -0.39 is 0 Å². The lowest BCUT2D eigenvalue weighted by atomic mass is 9.69. The molecule has 174 valence electrons. The van der Waals surface area contributed by atoms with Crippen LogP contribution in [0.1, 0.15) is 53.4 Å². The minimum absolute atomic E-state index is 0.0598. The number of carbonyl (C=O) groups excluding carboxylic acids is 1. The van der Waals surface area contributed by atoms with Crippen LogP contribution >= 0.6 is 32.9 Å². The summed E-state index contributed by atoms with van der Waals surface area (Å²) in [5, 5.41) is 3.21. The minimum atomic E-state index is -0.387. The van der Waals surface area contributed by atoms with Crippen LogP contribution in [0.2, 0.25) is 0 Å². The van der Waals surface area contributed by atoms with Crippen molar-refractivity contribution >= 4 is 38.8 Å². The Bertz CT molecular complexity index is 1030. The number of allylic oxidation sites excluding steroid dienone is 1. The molecule has 0 saturated carbocycles. The summed E-state index contributed by atoms with van der Waals surface area (Å²) in [5.41, 5.74) is 0.831. The summed E-state index contributed by atoms with van der Waals surface area (Å²) in [7, 11) is 4.82. The summed E-state index contributed by atoms with van der Waals surface area (Å²) in [5.74, 6) is 1.67. The zero-order chi connectivity index (χ0) is 23.4. The van der Waals surface area contributed by atoms with Crippen molar-refractivity contribution in [3.63, 3.8) is 0 Å². The highest BCUT2D eigenvalue weighted by molar-refractivity contribution is 7.80. The number of hydrogen-bond acceptors (Lipinski definition) is 6. The zero-order valence-electron chi connectivity index (χ0n) is 19.5. The highest BCUT2D eigenvalue weighted by Crippen LogP contribution is 2.41. The van der Waals surface area contributed by atoms with Crippen LogP contribution in [-0.4, -0.2) is 25.2 Å². The maximum Gasteiger partial charge on any atom is 0.258 e. The van der Waals surface area contributed by atoms with E-state index >= 15 is 0 Å². The first-order chi connectivity index (χ1) is 15.1. The van der Waals surface area contributed by atoms with E-state index in [-0.39, 0.29) is 23.5 Å². The van der Waals surface area contributed by atoms with E-state index in [1.165, 1.54) is 0 Å². The predicted octanol–water partition coefficient (Wildman–Crippen LogP) is 7.26. The second kappa shape index (κ2) is 10.5. The summed E-state index contributed by atoms with van der Waals surface area (Å²) in [6.45, 7) is 8.93. The molecule has 3 unspecified atom stereocenters. The highest BCUT2D eigenvalue weighted by atomic mass is 32.9. The predicted molar refractivity (Wildman–Crippen MR) is 138 cm³/mol. The largest absolute Gasteiger partial charge is 0.493 e. The molecule has 1 heterocycles. The Balaban J connectivity index is 1.67. The molecule has 0 radical (unpaired) electrons. The first-order valence-electron chi connectivity index (χ1n) is 11.1. The number of methoxy groups -OCH3 is 1. The Morgan fingerprint density at radius 2 is 2.03 bits per heavy atom. The number of amides is 1. The van der Waals surface area contributed by atoms with Gasteiger partial charge in [-0.15, -0.1) is 0 Å². The van der Waals surface area contributed by atoms with Gasteiger partial charge in [-0.25, -0.2) is 0 Å². The van der Waals surface area contributed by atoms with Crippen molar-refractivity contribution in [2.75, 3.05) is 13.7 Å². The van der Waals surface area contributed by atoms with Gasteiger partial charge in [0.2, 0.25) is 0 Å². The van der Waals surface area contributed by atoms with Crippen LogP contribution < -0.4 is 14.8 Å². The van der Waals surface area contributed by atoms with Crippen LogP contribution in [0.4, 0.5) is 0 Å². The number of benzene rings is 1. The highest BCUT2D eigenvalue weighted by Gasteiger charge is 2.36. The minimum Gasteiger partial charge on any atom is -0.493 e. The number of nitrogens with one attached hydrogen (secondary N) is 1. The molecule has 0 spiro atoms. The van der Waals surface area contributed by atoms with Crippen molar-refractivity contribution in [1.82, 2.24) is 5.32 Å². The Kier molecular flexibility index (Phi) is 8.17. The topological polar surface area (TPSA) is 47.6 Å². The van der Waals surface area contributed by atoms with Crippen LogP contribution in [0.15, 0.2) is 36.4 Å². The molecular formula is C25H33NO3S3. The van der Waals surface area contributed by atoms with E-state index in [2.05, 4.69) is 45.2 Å². The molecule has 3 rings (SSSR count). The van der Waals surface area contributed by atoms with Crippen molar-refractivity contribution in [2.24, 2.45) is 11.3 Å². The third-order valence-corrected chi connectivity index (χ3v) is 9.12. The van der Waals surface area contributed by atoms with Gasteiger partial charge in [0.05, 0.1) is 12.6 Å². The fourth-order valence-electron chi connectivity index (χ4n) is 4.67. The molecule has 0 fully saturated rings. The average Bonchev–Trinajstić information content (AvgIpc) is 3.17. The van der Waals surface area contributed by atoms with E-state index in [1.54, 1.807) is 27.8 Å². The Morgan fingerprint density at radius 3 is 2.69 bits per heavy atom. The first-order valence-corrected chi connectivity index (χ1v) is 13.6. The van der Waals surface area contributed by atoms with E-state index in [1.807, 2.05) is 24.3 Å². The van der Waals surface area contributed by atoms with E-state index in [0.717, 1.165) is 39.9 Å². The van der Waals surface area contributed by atoms with Crippen molar-refractivity contribution in [3.05, 3.63) is 40.2 Å². The fraction of sp³-hybridized carbons (Fsp3) is 0.520. The molecule has 1 aromatic carbocycles. The summed E-state index contributed by atoms with van der Waals surface area (Å²) < 4.78 is 12.2. The van der Waals surface area contributed by atoms with Crippen LogP contribution in [0.3, 0.4) is 0 Å². The van der Waals surface area contributed by atoms with Crippen LogP contribution in [0, 0.1) is 15.2 Å². The number of ether oxygens (including phenoxy) is 2. The van der Waals surface area contributed by atoms with E-state index in [9.17, 15) is 4.79 Å². The van der Waals surface area contributed by atoms with E-state index in [4.69, 9.17) is 21.7 Å². The van der Waals surface area contributed by atoms with Gasteiger partial charge in [0.15, 0.2) is 18.1 Å². The summed E-state index contributed by atoms with van der Waals surface area (Å²) in [6, 6.07) is 7.73. The Morgan fingerprint density at radius 1 is 1.25 bits per heavy atom. The molecule has 0 aliphatic heterocycles. The van der Waals surface area contributed by atoms with Crippen LogP contribution in [0.25, 0.3) is 10.4 Å². The number of rotatable bonds is 7. The standard InChI is InChI=1S/C25H33NO3S3/c1-6-24(3)14-17(2)8-7-11-25(4,16-24)26-22(27)15-29-19-10-9-18(12-20(19)28-5)21-13-23(30)32-31-21/h7,9-13,17H,6,8,14-16H2,1-5H3,(H,26,27). The molecule has 2 aromatic rings. The fourth-order valence-corrected chi connectivity index (χ4v) is 7.06. The SMILES string of the molecule is CCC1(C)CC(C)CC=CC(C)(NC(=O)COc2ccc(-c3cc(=S)ss3)cc2OC)C1. The van der Waals surface area contributed by atoms with Gasteiger partial charge in [0, 0.05) is 4.88 Å². The molecule has 1 aliphatic carbocycles. The second-order valence-electron chi connectivity index (χ2n) is 9.40. The lowest BCUT2D eigenvalue weighted by molar-refractivity contribution is -0.124. The molecule has 1 N–H and O–H groups in total. The molecule has 0 saturated heterocycles. The van der Waals surface area contributed by atoms with Gasteiger partial charge in [0.25, 0.3) is 5.91 Å². The van der Waals surface area contributed by atoms with Crippen molar-refractivity contribution in [3.8, 4) is 21.9 Å². The molecular weight excluding hydrogens is 458 g/mol. The third-order valence-electron chi connectivity index (χ3n) is 6.21. The maximum atomic E-state index is 12.8. The molecule has 3 atom stereocenters. The zero-order valence-corrected chi connectivity index (χ0v) is 22.0. The lowest BCUT2D eigenvalue weighted by Crippen LogP contribution is -2.49. The third kappa shape index (κ3) is 6.42. The second-order valence-corrected chi connectivity index (χ2v) is 12.3.